The molecule has 0 unspecified atom stereocenters. The molecule has 3 aromatic carbocycles. The standard InChI is InChI=1S/C24H19BrOS/c1-16-12-22(26-15-18-8-4-3-5-9-18)21(25)14-20(16)17(2)24-13-19-10-6-7-11-23(19)27-24/h3-14H,2,15H2,1H3. The summed E-state index contributed by atoms with van der Waals surface area (Å²) in [4.78, 5) is 1.20. The summed E-state index contributed by atoms with van der Waals surface area (Å²) in [6, 6.07) is 25.1. The maximum absolute atomic E-state index is 6.02. The van der Waals surface area contributed by atoms with Crippen molar-refractivity contribution in [3.8, 4) is 5.75 Å². The molecular weight excluding hydrogens is 416 g/mol. The Bertz CT molecular complexity index is 1080. The molecule has 0 bridgehead atoms. The molecule has 0 aliphatic carbocycles. The Labute approximate surface area is 172 Å². The van der Waals surface area contributed by atoms with Crippen molar-refractivity contribution in [3.63, 3.8) is 0 Å². The zero-order valence-electron chi connectivity index (χ0n) is 15.0. The van der Waals surface area contributed by atoms with E-state index in [1.54, 1.807) is 11.3 Å². The van der Waals surface area contributed by atoms with Crippen LogP contribution in [0, 0.1) is 6.92 Å². The van der Waals surface area contributed by atoms with Crippen LogP contribution in [-0.2, 0) is 6.61 Å². The highest BCUT2D eigenvalue weighted by atomic mass is 79.9. The van der Waals surface area contributed by atoms with E-state index >= 15 is 0 Å². The van der Waals surface area contributed by atoms with Crippen LogP contribution in [0.2, 0.25) is 0 Å². The third-order valence-electron chi connectivity index (χ3n) is 4.56. The molecule has 4 rings (SSSR count). The van der Waals surface area contributed by atoms with Crippen molar-refractivity contribution in [1.29, 1.82) is 0 Å². The Balaban J connectivity index is 1.60. The van der Waals surface area contributed by atoms with Crippen LogP contribution in [0.15, 0.2) is 83.8 Å². The first-order chi connectivity index (χ1) is 13.1. The predicted octanol–water partition coefficient (Wildman–Crippen LogP) is 7.61. The molecule has 27 heavy (non-hydrogen) atoms. The molecule has 0 atom stereocenters. The molecule has 0 aliphatic rings. The van der Waals surface area contributed by atoms with Crippen LogP contribution in [0.3, 0.4) is 0 Å². The number of hydrogen-bond donors (Lipinski definition) is 0. The molecular formula is C24H19BrOS. The number of rotatable bonds is 5. The molecule has 0 N–H and O–H groups in total. The van der Waals surface area contributed by atoms with Gasteiger partial charge in [0.25, 0.3) is 0 Å². The van der Waals surface area contributed by atoms with Crippen LogP contribution in [-0.4, -0.2) is 0 Å². The number of hydrogen-bond acceptors (Lipinski definition) is 2. The fourth-order valence-electron chi connectivity index (χ4n) is 3.09. The summed E-state index contributed by atoms with van der Waals surface area (Å²) >= 11 is 5.45. The minimum Gasteiger partial charge on any atom is -0.488 e. The summed E-state index contributed by atoms with van der Waals surface area (Å²) in [6.07, 6.45) is 0. The van der Waals surface area contributed by atoms with Crippen LogP contribution in [0.25, 0.3) is 15.7 Å². The Morgan fingerprint density at radius 2 is 1.74 bits per heavy atom. The van der Waals surface area contributed by atoms with Crippen molar-refractivity contribution >= 4 is 42.9 Å². The van der Waals surface area contributed by atoms with E-state index in [9.17, 15) is 0 Å². The fraction of sp³-hybridized carbons (Fsp3) is 0.0833. The number of benzene rings is 3. The largest absolute Gasteiger partial charge is 0.488 e. The Morgan fingerprint density at radius 3 is 2.52 bits per heavy atom. The quantitative estimate of drug-likeness (QED) is 0.313. The minimum absolute atomic E-state index is 0.551. The molecule has 0 spiro atoms. The maximum Gasteiger partial charge on any atom is 0.134 e. The first-order valence-electron chi connectivity index (χ1n) is 8.77. The number of aryl methyl sites for hydroxylation is 1. The number of thiophene rings is 1. The predicted molar refractivity (Wildman–Crippen MR) is 120 cm³/mol. The van der Waals surface area contributed by atoms with E-state index in [4.69, 9.17) is 4.74 Å². The smallest absolute Gasteiger partial charge is 0.134 e. The zero-order valence-corrected chi connectivity index (χ0v) is 17.4. The second-order valence-electron chi connectivity index (χ2n) is 6.50. The van der Waals surface area contributed by atoms with Crippen LogP contribution < -0.4 is 4.74 Å². The lowest BCUT2D eigenvalue weighted by molar-refractivity contribution is 0.304. The van der Waals surface area contributed by atoms with Gasteiger partial charge in [-0.05, 0) is 74.8 Å². The van der Waals surface area contributed by atoms with Crippen LogP contribution >= 0.6 is 27.3 Å². The van der Waals surface area contributed by atoms with E-state index in [0.717, 1.165) is 32.5 Å². The molecule has 0 fully saturated rings. The van der Waals surface area contributed by atoms with Gasteiger partial charge in [-0.3, -0.25) is 0 Å². The van der Waals surface area contributed by atoms with Gasteiger partial charge < -0.3 is 4.74 Å². The Hall–Kier alpha value is -2.36. The molecule has 0 aliphatic heterocycles. The first kappa shape index (κ1) is 18.0. The summed E-state index contributed by atoms with van der Waals surface area (Å²) < 4.78 is 8.25. The van der Waals surface area contributed by atoms with Gasteiger partial charge in [0.2, 0.25) is 0 Å². The molecule has 1 aromatic heterocycles. The van der Waals surface area contributed by atoms with E-state index in [1.807, 2.05) is 18.2 Å². The maximum atomic E-state index is 6.02. The number of fused-ring (bicyclic) bond motifs is 1. The second kappa shape index (κ2) is 7.71. The van der Waals surface area contributed by atoms with Gasteiger partial charge in [0.05, 0.1) is 4.47 Å². The summed E-state index contributed by atoms with van der Waals surface area (Å²) in [6.45, 7) is 7.02. The van der Waals surface area contributed by atoms with E-state index in [2.05, 4.69) is 84.0 Å². The van der Waals surface area contributed by atoms with Gasteiger partial charge in [-0.2, -0.15) is 0 Å². The number of halogens is 1. The molecule has 0 saturated carbocycles. The van der Waals surface area contributed by atoms with Crippen molar-refractivity contribution in [1.82, 2.24) is 0 Å². The van der Waals surface area contributed by atoms with E-state index in [-0.39, 0.29) is 0 Å². The molecule has 1 nitrogen and oxygen atoms in total. The lowest BCUT2D eigenvalue weighted by Crippen LogP contribution is -1.98. The zero-order chi connectivity index (χ0) is 18.8. The third kappa shape index (κ3) is 3.85. The SMILES string of the molecule is C=C(c1cc2ccccc2s1)c1cc(Br)c(OCc2ccccc2)cc1C. The first-order valence-corrected chi connectivity index (χ1v) is 10.4. The fourth-order valence-corrected chi connectivity index (χ4v) is 4.59. The van der Waals surface area contributed by atoms with Gasteiger partial charge in [0.15, 0.2) is 0 Å². The lowest BCUT2D eigenvalue weighted by atomic mass is 10.00. The molecule has 0 saturated heterocycles. The highest BCUT2D eigenvalue weighted by Crippen LogP contribution is 2.37. The normalized spacial score (nSPS) is 10.9. The van der Waals surface area contributed by atoms with Crippen molar-refractivity contribution in [2.24, 2.45) is 0 Å². The Kier molecular flexibility index (Phi) is 5.15. The van der Waals surface area contributed by atoms with Crippen molar-refractivity contribution in [2.45, 2.75) is 13.5 Å². The van der Waals surface area contributed by atoms with Crippen LogP contribution in [0.4, 0.5) is 0 Å². The van der Waals surface area contributed by atoms with Gasteiger partial charge in [0.1, 0.15) is 12.4 Å². The summed E-state index contributed by atoms with van der Waals surface area (Å²) in [5, 5.41) is 1.26. The Morgan fingerprint density at radius 1 is 1.00 bits per heavy atom. The van der Waals surface area contributed by atoms with Crippen molar-refractivity contribution in [3.05, 3.63) is 105 Å². The van der Waals surface area contributed by atoms with E-state index < -0.39 is 0 Å². The lowest BCUT2D eigenvalue weighted by Gasteiger charge is -2.14. The summed E-state index contributed by atoms with van der Waals surface area (Å²) in [7, 11) is 0. The van der Waals surface area contributed by atoms with Crippen molar-refractivity contribution in [2.75, 3.05) is 0 Å². The van der Waals surface area contributed by atoms with Gasteiger partial charge in [-0.15, -0.1) is 11.3 Å². The molecule has 3 heteroatoms. The van der Waals surface area contributed by atoms with Crippen LogP contribution in [0.5, 0.6) is 5.75 Å². The summed E-state index contributed by atoms with van der Waals surface area (Å²) in [5.41, 5.74) is 4.49. The van der Waals surface area contributed by atoms with Gasteiger partial charge in [-0.25, -0.2) is 0 Å². The third-order valence-corrected chi connectivity index (χ3v) is 6.36. The average Bonchev–Trinajstić information content (AvgIpc) is 3.13. The van der Waals surface area contributed by atoms with Crippen LogP contribution in [0.1, 0.15) is 21.6 Å². The monoisotopic (exact) mass is 434 g/mol. The molecule has 134 valence electrons. The molecule has 4 aromatic rings. The van der Waals surface area contributed by atoms with E-state index in [0.29, 0.717) is 6.61 Å². The van der Waals surface area contributed by atoms with Gasteiger partial charge in [-0.1, -0.05) is 55.1 Å². The highest BCUT2D eigenvalue weighted by Gasteiger charge is 2.13. The van der Waals surface area contributed by atoms with Crippen molar-refractivity contribution < 1.29 is 4.74 Å². The highest BCUT2D eigenvalue weighted by molar-refractivity contribution is 9.10. The van der Waals surface area contributed by atoms with E-state index in [1.165, 1.54) is 15.0 Å². The molecule has 1 heterocycles. The number of ether oxygens (including phenoxy) is 1. The molecule has 0 radical (unpaired) electrons. The minimum atomic E-state index is 0.551. The average molecular weight is 435 g/mol. The molecule has 0 amide bonds. The summed E-state index contributed by atoms with van der Waals surface area (Å²) in [5.74, 6) is 0.851. The van der Waals surface area contributed by atoms with Gasteiger partial charge in [0, 0.05) is 9.58 Å². The topological polar surface area (TPSA) is 9.23 Å². The second-order valence-corrected chi connectivity index (χ2v) is 8.44. The van der Waals surface area contributed by atoms with Gasteiger partial charge >= 0.3 is 0 Å².